The predicted octanol–water partition coefficient (Wildman–Crippen LogP) is 2.38. The molecule has 5 nitrogen and oxygen atoms in total. The SMILES string of the molecule is COP(=O)(OC)c1c(C)[n+]([O-])c2c3c(cccc13)CCC2. The van der Waals surface area contributed by atoms with Crippen LogP contribution in [0.5, 0.6) is 0 Å². The normalized spacial score (nSPS) is 14.6. The van der Waals surface area contributed by atoms with Crippen molar-refractivity contribution in [3.63, 3.8) is 0 Å². The van der Waals surface area contributed by atoms with Crippen molar-refractivity contribution in [2.45, 2.75) is 26.2 Å². The smallest absolute Gasteiger partial charge is 0.367 e. The van der Waals surface area contributed by atoms with E-state index in [-0.39, 0.29) is 0 Å². The highest BCUT2D eigenvalue weighted by Gasteiger charge is 2.36. The fourth-order valence-corrected chi connectivity index (χ4v) is 4.70. The van der Waals surface area contributed by atoms with E-state index in [0.717, 1.165) is 46.0 Å². The molecule has 0 fully saturated rings. The van der Waals surface area contributed by atoms with E-state index in [1.807, 2.05) is 18.2 Å². The van der Waals surface area contributed by atoms with Crippen LogP contribution in [0.4, 0.5) is 0 Å². The molecule has 1 heterocycles. The van der Waals surface area contributed by atoms with Gasteiger partial charge in [0.2, 0.25) is 11.4 Å². The van der Waals surface area contributed by atoms with Gasteiger partial charge in [0.25, 0.3) is 0 Å². The highest BCUT2D eigenvalue weighted by Crippen LogP contribution is 2.48. The van der Waals surface area contributed by atoms with Crippen LogP contribution in [0.15, 0.2) is 18.2 Å². The lowest BCUT2D eigenvalue weighted by molar-refractivity contribution is -0.618. The summed E-state index contributed by atoms with van der Waals surface area (Å²) >= 11 is 0. The number of aryl methyl sites for hydroxylation is 2. The van der Waals surface area contributed by atoms with Crippen LogP contribution in [0.25, 0.3) is 10.8 Å². The monoisotopic (exact) mass is 307 g/mol. The molecule has 0 amide bonds. The van der Waals surface area contributed by atoms with E-state index in [0.29, 0.717) is 11.0 Å². The van der Waals surface area contributed by atoms with Gasteiger partial charge in [-0.3, -0.25) is 4.57 Å². The molecular formula is C15H18NO4P. The Labute approximate surface area is 123 Å². The van der Waals surface area contributed by atoms with Gasteiger partial charge in [-0.1, -0.05) is 18.2 Å². The van der Waals surface area contributed by atoms with Crippen molar-refractivity contribution in [3.8, 4) is 0 Å². The zero-order valence-corrected chi connectivity index (χ0v) is 13.3. The summed E-state index contributed by atoms with van der Waals surface area (Å²) < 4.78 is 24.0. The lowest BCUT2D eigenvalue weighted by Crippen LogP contribution is -2.42. The van der Waals surface area contributed by atoms with E-state index in [1.54, 1.807) is 6.92 Å². The number of aromatic nitrogens is 1. The molecule has 0 aliphatic heterocycles. The number of rotatable bonds is 3. The first kappa shape index (κ1) is 14.5. The molecule has 0 bridgehead atoms. The second kappa shape index (κ2) is 5.09. The second-order valence-corrected chi connectivity index (χ2v) is 7.40. The van der Waals surface area contributed by atoms with Gasteiger partial charge in [-0.05, 0) is 18.4 Å². The lowest BCUT2D eigenvalue weighted by atomic mass is 9.91. The molecular weight excluding hydrogens is 289 g/mol. The Morgan fingerprint density at radius 2 is 1.95 bits per heavy atom. The van der Waals surface area contributed by atoms with Crippen molar-refractivity contribution in [3.05, 3.63) is 40.4 Å². The molecule has 0 spiro atoms. The summed E-state index contributed by atoms with van der Waals surface area (Å²) in [7, 11) is -0.807. The van der Waals surface area contributed by atoms with E-state index in [1.165, 1.54) is 14.2 Å². The summed E-state index contributed by atoms with van der Waals surface area (Å²) in [5.41, 5.74) is 2.27. The van der Waals surface area contributed by atoms with E-state index in [2.05, 4.69) is 0 Å². The number of pyridine rings is 1. The van der Waals surface area contributed by atoms with Gasteiger partial charge in [-0.25, -0.2) is 0 Å². The molecule has 3 rings (SSSR count). The van der Waals surface area contributed by atoms with E-state index >= 15 is 0 Å². The third-order valence-electron chi connectivity index (χ3n) is 4.20. The topological polar surface area (TPSA) is 62.5 Å². The molecule has 0 saturated heterocycles. The molecule has 0 radical (unpaired) electrons. The van der Waals surface area contributed by atoms with Crippen LogP contribution in [0, 0.1) is 12.1 Å². The van der Waals surface area contributed by atoms with Gasteiger partial charge in [0.05, 0.1) is 5.39 Å². The molecule has 1 aromatic carbocycles. The summed E-state index contributed by atoms with van der Waals surface area (Å²) in [6.45, 7) is 1.67. The van der Waals surface area contributed by atoms with Crippen LogP contribution in [0.3, 0.4) is 0 Å². The van der Waals surface area contributed by atoms with Gasteiger partial charge in [-0.15, -0.1) is 0 Å². The number of nitrogens with zero attached hydrogens (tertiary/aromatic N) is 1. The minimum absolute atomic E-state index is 0.380. The number of benzene rings is 1. The van der Waals surface area contributed by atoms with Gasteiger partial charge in [-0.2, -0.15) is 4.73 Å². The van der Waals surface area contributed by atoms with Crippen molar-refractivity contribution >= 4 is 23.7 Å². The minimum atomic E-state index is -3.49. The average Bonchev–Trinajstić information content (AvgIpc) is 2.52. The molecule has 0 atom stereocenters. The Kier molecular flexibility index (Phi) is 3.52. The molecule has 1 aromatic heterocycles. The maximum Gasteiger partial charge on any atom is 0.367 e. The number of hydrogen-bond donors (Lipinski definition) is 0. The first-order valence-corrected chi connectivity index (χ1v) is 8.46. The minimum Gasteiger partial charge on any atom is -0.618 e. The van der Waals surface area contributed by atoms with Crippen LogP contribution in [0.2, 0.25) is 0 Å². The Hall–Kier alpha value is -1.42. The van der Waals surface area contributed by atoms with E-state index in [4.69, 9.17) is 9.05 Å². The molecule has 1 aliphatic carbocycles. The molecule has 1 aliphatic rings. The van der Waals surface area contributed by atoms with E-state index < -0.39 is 7.60 Å². The summed E-state index contributed by atoms with van der Waals surface area (Å²) in [4.78, 5) is 0. The van der Waals surface area contributed by atoms with Gasteiger partial charge < -0.3 is 14.3 Å². The van der Waals surface area contributed by atoms with Gasteiger partial charge in [0.15, 0.2) is 0 Å². The quantitative estimate of drug-likeness (QED) is 0.496. The maximum atomic E-state index is 12.9. The fraction of sp³-hybridized carbons (Fsp3) is 0.400. The van der Waals surface area contributed by atoms with Crippen molar-refractivity contribution in [2.24, 2.45) is 0 Å². The Balaban J connectivity index is 2.50. The lowest BCUT2D eigenvalue weighted by Gasteiger charge is -2.23. The maximum absolute atomic E-state index is 12.9. The Bertz CT molecular complexity index is 764. The van der Waals surface area contributed by atoms with Crippen LogP contribution < -0.4 is 10.0 Å². The summed E-state index contributed by atoms with van der Waals surface area (Å²) in [5.74, 6) is 0. The largest absolute Gasteiger partial charge is 0.618 e. The highest BCUT2D eigenvalue weighted by molar-refractivity contribution is 7.62. The van der Waals surface area contributed by atoms with Crippen LogP contribution in [-0.4, -0.2) is 14.2 Å². The van der Waals surface area contributed by atoms with Crippen LogP contribution >= 0.6 is 7.60 Å². The Morgan fingerprint density at radius 1 is 1.24 bits per heavy atom. The molecule has 112 valence electrons. The van der Waals surface area contributed by atoms with Crippen molar-refractivity contribution in [1.82, 2.24) is 0 Å². The summed E-state index contributed by atoms with van der Waals surface area (Å²) in [6.07, 6.45) is 2.62. The first-order chi connectivity index (χ1) is 10.0. The van der Waals surface area contributed by atoms with Crippen LogP contribution in [-0.2, 0) is 26.5 Å². The third kappa shape index (κ3) is 2.00. The molecule has 6 heteroatoms. The molecule has 0 saturated carbocycles. The molecule has 21 heavy (non-hydrogen) atoms. The standard InChI is InChI=1S/C15H18NO4P/c1-10-15(21(18,19-2)20-3)12-8-4-6-11-7-5-9-13(14(11)12)16(10)17/h4,6,8H,5,7,9H2,1-3H3. The molecule has 0 unspecified atom stereocenters. The van der Waals surface area contributed by atoms with Gasteiger partial charge in [0.1, 0.15) is 5.30 Å². The fourth-order valence-electron chi connectivity index (χ4n) is 3.22. The average molecular weight is 307 g/mol. The first-order valence-electron chi connectivity index (χ1n) is 6.92. The summed E-state index contributed by atoms with van der Waals surface area (Å²) in [6, 6.07) is 5.84. The zero-order chi connectivity index (χ0) is 15.2. The highest BCUT2D eigenvalue weighted by atomic mass is 31.2. The van der Waals surface area contributed by atoms with Crippen LogP contribution in [0.1, 0.15) is 23.4 Å². The third-order valence-corrected chi connectivity index (χ3v) is 6.27. The van der Waals surface area contributed by atoms with Gasteiger partial charge >= 0.3 is 7.60 Å². The van der Waals surface area contributed by atoms with Crippen molar-refractivity contribution < 1.29 is 18.3 Å². The molecule has 2 aromatic rings. The van der Waals surface area contributed by atoms with E-state index in [9.17, 15) is 9.77 Å². The molecule has 0 N–H and O–H groups in total. The summed E-state index contributed by atoms with van der Waals surface area (Å²) in [5, 5.41) is 14.7. The Morgan fingerprint density at radius 3 is 2.62 bits per heavy atom. The van der Waals surface area contributed by atoms with Crippen molar-refractivity contribution in [2.75, 3.05) is 14.2 Å². The second-order valence-electron chi connectivity index (χ2n) is 5.23. The number of hydrogen-bond acceptors (Lipinski definition) is 4. The zero-order valence-electron chi connectivity index (χ0n) is 12.4. The predicted molar refractivity (Wildman–Crippen MR) is 80.9 cm³/mol. The van der Waals surface area contributed by atoms with Gasteiger partial charge in [0, 0.05) is 33.0 Å². The van der Waals surface area contributed by atoms with Crippen molar-refractivity contribution in [1.29, 1.82) is 0 Å².